The number of methoxy groups -OCH3 is 1. The smallest absolute Gasteiger partial charge is 0.251 e. The molecule has 0 aromatic heterocycles. The first kappa shape index (κ1) is 19.2. The van der Waals surface area contributed by atoms with E-state index in [2.05, 4.69) is 10.2 Å². The van der Waals surface area contributed by atoms with Gasteiger partial charge in [0.25, 0.3) is 5.91 Å². The predicted octanol–water partition coefficient (Wildman–Crippen LogP) is 3.84. The minimum atomic E-state index is -0.0292. The van der Waals surface area contributed by atoms with Crippen molar-refractivity contribution in [2.45, 2.75) is 19.3 Å². The van der Waals surface area contributed by atoms with Crippen LogP contribution in [0.1, 0.15) is 30.4 Å². The maximum atomic E-state index is 12.8. The summed E-state index contributed by atoms with van der Waals surface area (Å²) in [7, 11) is 1.65. The van der Waals surface area contributed by atoms with Gasteiger partial charge >= 0.3 is 0 Å². The summed E-state index contributed by atoms with van der Waals surface area (Å²) in [5, 5.41) is 3.09. The van der Waals surface area contributed by atoms with Gasteiger partial charge < -0.3 is 15.0 Å². The first-order valence-corrected chi connectivity index (χ1v) is 9.68. The van der Waals surface area contributed by atoms with Crippen LogP contribution in [0.3, 0.4) is 0 Å². The Morgan fingerprint density at radius 1 is 1.07 bits per heavy atom. The number of carbonyl (C=O) groups excluding carboxylic acids is 1. The average Bonchev–Trinajstić information content (AvgIpc) is 3.24. The van der Waals surface area contributed by atoms with Gasteiger partial charge in [-0.05, 0) is 68.2 Å². The molecule has 1 fully saturated rings. The van der Waals surface area contributed by atoms with Gasteiger partial charge in [-0.2, -0.15) is 0 Å². The van der Waals surface area contributed by atoms with Crippen LogP contribution in [-0.2, 0) is 4.79 Å². The molecule has 1 aliphatic heterocycles. The molecule has 1 amide bonds. The van der Waals surface area contributed by atoms with Gasteiger partial charge in [0.1, 0.15) is 5.75 Å². The molecule has 0 saturated carbocycles. The van der Waals surface area contributed by atoms with Crippen molar-refractivity contribution in [3.63, 3.8) is 0 Å². The largest absolute Gasteiger partial charge is 0.497 e. The standard InChI is InChI=1S/C23H28N2O2/c1-27-21-12-10-19(11-13-21)18-22(20-8-3-2-4-9-20)23(26)24-14-7-17-25-15-5-6-16-25/h2-4,8-13,18H,5-7,14-17H2,1H3,(H,24,26)/b22-18+. The quantitative estimate of drug-likeness (QED) is 0.440. The van der Waals surface area contributed by atoms with Crippen LogP contribution >= 0.6 is 0 Å². The van der Waals surface area contributed by atoms with Gasteiger partial charge in [-0.15, -0.1) is 0 Å². The molecule has 1 heterocycles. The van der Waals surface area contributed by atoms with Crippen LogP contribution in [0, 0.1) is 0 Å². The van der Waals surface area contributed by atoms with Crippen LogP contribution in [0.2, 0.25) is 0 Å². The molecule has 1 N–H and O–H groups in total. The highest BCUT2D eigenvalue weighted by Crippen LogP contribution is 2.20. The molecule has 0 radical (unpaired) electrons. The monoisotopic (exact) mass is 364 g/mol. The van der Waals surface area contributed by atoms with Crippen LogP contribution < -0.4 is 10.1 Å². The molecule has 27 heavy (non-hydrogen) atoms. The van der Waals surface area contributed by atoms with Gasteiger partial charge in [-0.3, -0.25) is 4.79 Å². The summed E-state index contributed by atoms with van der Waals surface area (Å²) in [6.45, 7) is 4.15. The highest BCUT2D eigenvalue weighted by molar-refractivity contribution is 6.24. The molecular weight excluding hydrogens is 336 g/mol. The lowest BCUT2D eigenvalue weighted by atomic mass is 10.0. The van der Waals surface area contributed by atoms with E-state index in [1.807, 2.05) is 60.7 Å². The highest BCUT2D eigenvalue weighted by atomic mass is 16.5. The van der Waals surface area contributed by atoms with E-state index in [0.29, 0.717) is 12.1 Å². The number of benzene rings is 2. The van der Waals surface area contributed by atoms with E-state index >= 15 is 0 Å². The summed E-state index contributed by atoms with van der Waals surface area (Å²) in [6, 6.07) is 17.5. The number of rotatable bonds is 8. The van der Waals surface area contributed by atoms with Gasteiger partial charge in [0.2, 0.25) is 0 Å². The second kappa shape index (κ2) is 9.93. The maximum Gasteiger partial charge on any atom is 0.251 e. The summed E-state index contributed by atoms with van der Waals surface area (Å²) in [4.78, 5) is 15.3. The number of carbonyl (C=O) groups is 1. The molecule has 4 nitrogen and oxygen atoms in total. The summed E-state index contributed by atoms with van der Waals surface area (Å²) >= 11 is 0. The zero-order valence-corrected chi connectivity index (χ0v) is 16.0. The molecular formula is C23H28N2O2. The lowest BCUT2D eigenvalue weighted by molar-refractivity contribution is -0.115. The highest BCUT2D eigenvalue weighted by Gasteiger charge is 2.13. The Kier molecular flexibility index (Phi) is 7.05. The number of hydrogen-bond acceptors (Lipinski definition) is 3. The number of likely N-dealkylation sites (tertiary alicyclic amines) is 1. The van der Waals surface area contributed by atoms with Crippen LogP contribution in [0.15, 0.2) is 54.6 Å². The lowest BCUT2D eigenvalue weighted by Crippen LogP contribution is -2.29. The minimum Gasteiger partial charge on any atom is -0.497 e. The molecule has 3 rings (SSSR count). The minimum absolute atomic E-state index is 0.0292. The Balaban J connectivity index is 1.67. The van der Waals surface area contributed by atoms with Crippen LogP contribution in [0.4, 0.5) is 0 Å². The average molecular weight is 364 g/mol. The van der Waals surface area contributed by atoms with Crippen molar-refractivity contribution in [1.29, 1.82) is 0 Å². The normalized spacial score (nSPS) is 14.9. The molecule has 0 bridgehead atoms. The summed E-state index contributed by atoms with van der Waals surface area (Å²) < 4.78 is 5.21. The molecule has 1 saturated heterocycles. The van der Waals surface area contributed by atoms with Gasteiger partial charge in [-0.25, -0.2) is 0 Å². The number of nitrogens with one attached hydrogen (secondary N) is 1. The molecule has 1 aliphatic rings. The van der Waals surface area contributed by atoms with E-state index < -0.39 is 0 Å². The van der Waals surface area contributed by atoms with E-state index in [1.165, 1.54) is 25.9 Å². The van der Waals surface area contributed by atoms with Gasteiger partial charge in [0.15, 0.2) is 0 Å². The van der Waals surface area contributed by atoms with Crippen molar-refractivity contribution in [2.75, 3.05) is 33.3 Å². The maximum absolute atomic E-state index is 12.8. The van der Waals surface area contributed by atoms with E-state index in [-0.39, 0.29) is 5.91 Å². The SMILES string of the molecule is COc1ccc(/C=C(/C(=O)NCCCN2CCCC2)c2ccccc2)cc1. The Labute approximate surface area is 161 Å². The molecule has 2 aromatic carbocycles. The van der Waals surface area contributed by atoms with E-state index in [1.54, 1.807) is 7.11 Å². The molecule has 142 valence electrons. The second-order valence-corrected chi connectivity index (χ2v) is 6.86. The first-order valence-electron chi connectivity index (χ1n) is 9.68. The molecule has 0 spiro atoms. The van der Waals surface area contributed by atoms with Crippen molar-refractivity contribution < 1.29 is 9.53 Å². The number of ether oxygens (including phenoxy) is 1. The third-order valence-electron chi connectivity index (χ3n) is 4.89. The molecule has 0 atom stereocenters. The zero-order valence-electron chi connectivity index (χ0n) is 16.0. The van der Waals surface area contributed by atoms with Crippen molar-refractivity contribution in [1.82, 2.24) is 10.2 Å². The van der Waals surface area contributed by atoms with Gasteiger partial charge in [-0.1, -0.05) is 42.5 Å². The third kappa shape index (κ3) is 5.69. The first-order chi connectivity index (χ1) is 13.3. The second-order valence-electron chi connectivity index (χ2n) is 6.86. The van der Waals surface area contributed by atoms with Crippen LogP contribution in [-0.4, -0.2) is 44.1 Å². The fraction of sp³-hybridized carbons (Fsp3) is 0.348. The summed E-state index contributed by atoms with van der Waals surface area (Å²) in [5.41, 5.74) is 2.58. The molecule has 2 aromatic rings. The van der Waals surface area contributed by atoms with Crippen molar-refractivity contribution in [3.05, 3.63) is 65.7 Å². The Morgan fingerprint density at radius 3 is 2.44 bits per heavy atom. The molecule has 0 aliphatic carbocycles. The molecule has 4 heteroatoms. The molecule has 0 unspecified atom stereocenters. The van der Waals surface area contributed by atoms with Gasteiger partial charge in [0, 0.05) is 12.1 Å². The van der Waals surface area contributed by atoms with Gasteiger partial charge in [0.05, 0.1) is 7.11 Å². The van der Waals surface area contributed by atoms with Crippen molar-refractivity contribution >= 4 is 17.6 Å². The lowest BCUT2D eigenvalue weighted by Gasteiger charge is -2.15. The zero-order chi connectivity index (χ0) is 18.9. The fourth-order valence-electron chi connectivity index (χ4n) is 3.37. The fourth-order valence-corrected chi connectivity index (χ4v) is 3.37. The summed E-state index contributed by atoms with van der Waals surface area (Å²) in [5.74, 6) is 0.776. The number of hydrogen-bond donors (Lipinski definition) is 1. The van der Waals surface area contributed by atoms with Crippen LogP contribution in [0.5, 0.6) is 5.75 Å². The van der Waals surface area contributed by atoms with E-state index in [4.69, 9.17) is 4.74 Å². The Hall–Kier alpha value is -2.59. The number of nitrogens with zero attached hydrogens (tertiary/aromatic N) is 1. The predicted molar refractivity (Wildman–Crippen MR) is 111 cm³/mol. The third-order valence-corrected chi connectivity index (χ3v) is 4.89. The Bertz CT molecular complexity index is 748. The van der Waals surface area contributed by atoms with E-state index in [0.717, 1.165) is 29.8 Å². The van der Waals surface area contributed by atoms with E-state index in [9.17, 15) is 4.79 Å². The Morgan fingerprint density at radius 2 is 1.78 bits per heavy atom. The topological polar surface area (TPSA) is 41.6 Å². The number of amides is 1. The summed E-state index contributed by atoms with van der Waals surface area (Å²) in [6.07, 6.45) is 5.52. The van der Waals surface area contributed by atoms with Crippen molar-refractivity contribution in [3.8, 4) is 5.75 Å². The van der Waals surface area contributed by atoms with Crippen LogP contribution in [0.25, 0.3) is 11.6 Å². The van der Waals surface area contributed by atoms with Crippen molar-refractivity contribution in [2.24, 2.45) is 0 Å².